The third kappa shape index (κ3) is 4.81. The van der Waals surface area contributed by atoms with Gasteiger partial charge in [-0.25, -0.2) is 19.2 Å². The molecule has 0 radical (unpaired) electrons. The van der Waals surface area contributed by atoms with Gasteiger partial charge in [0.15, 0.2) is 5.78 Å². The van der Waals surface area contributed by atoms with Crippen LogP contribution in [0.4, 0.5) is 0 Å². The summed E-state index contributed by atoms with van der Waals surface area (Å²) >= 11 is 0. The van der Waals surface area contributed by atoms with Gasteiger partial charge >= 0.3 is 35.8 Å². The van der Waals surface area contributed by atoms with Crippen LogP contribution in [0.1, 0.15) is 66.7 Å². The molecule has 0 aromatic heterocycles. The Morgan fingerprint density at radius 3 is 2.35 bits per heavy atom. The van der Waals surface area contributed by atoms with Crippen LogP contribution in [0.5, 0.6) is 0 Å². The lowest BCUT2D eigenvalue weighted by atomic mass is 9.42. The molecule has 13 atom stereocenters. The number of ether oxygens (including phenoxy) is 6. The Hall–Kier alpha value is -4.63. The van der Waals surface area contributed by atoms with Gasteiger partial charge in [-0.3, -0.25) is 14.4 Å². The van der Waals surface area contributed by atoms with E-state index in [1.807, 2.05) is 6.92 Å². The third-order valence-corrected chi connectivity index (χ3v) is 15.6. The van der Waals surface area contributed by atoms with Crippen molar-refractivity contribution in [3.8, 4) is 0 Å². The average molecular weight is 791 g/mol. The molecule has 9 aliphatic rings. The summed E-state index contributed by atoms with van der Waals surface area (Å²) < 4.78 is 33.6. The quantitative estimate of drug-likeness (QED) is 0.177. The fourth-order valence-corrected chi connectivity index (χ4v) is 13.0. The molecule has 2 aliphatic heterocycles. The standard InChI is InChI=1S/C42H46O15/c1-16-7-8-53-38(50)26(56-18(3)43)13-29(44)54-14-21-23-12-27-39(4,24-11-25(24)41(27,51)15-55-35(16)47)28-10-20-19-9-22(19)40(5)31(20)32(42(23,28)57-37(21)49)30(33(45)34(40)46)17(2)36(48)52-6/h7,19,22,24-28,32,34,46,51H,8-15H2,1-6H3/b16-7+,30-17?/t19-,22-,24-,25+,26+,27-,28+,32+,34+,39+,40+,41+,42+/m1/s1. The van der Waals surface area contributed by atoms with Crippen molar-refractivity contribution in [2.24, 2.45) is 52.3 Å². The number of ketones is 1. The zero-order valence-corrected chi connectivity index (χ0v) is 32.6. The van der Waals surface area contributed by atoms with Crippen molar-refractivity contribution in [2.45, 2.75) is 90.1 Å². The highest BCUT2D eigenvalue weighted by molar-refractivity contribution is 6.09. The fourth-order valence-electron chi connectivity index (χ4n) is 13.0. The van der Waals surface area contributed by atoms with E-state index in [2.05, 4.69) is 6.92 Å². The van der Waals surface area contributed by atoms with Gasteiger partial charge in [0.2, 0.25) is 6.10 Å². The van der Waals surface area contributed by atoms with Crippen molar-refractivity contribution in [3.63, 3.8) is 0 Å². The Balaban J connectivity index is 1.25. The molecule has 1 spiro atoms. The van der Waals surface area contributed by atoms with Gasteiger partial charge in [-0.1, -0.05) is 19.4 Å². The van der Waals surface area contributed by atoms with Gasteiger partial charge in [0, 0.05) is 40.9 Å². The van der Waals surface area contributed by atoms with Gasteiger partial charge in [0.05, 0.1) is 25.0 Å². The van der Waals surface area contributed by atoms with E-state index in [0.717, 1.165) is 24.5 Å². The molecule has 2 heterocycles. The maximum atomic E-state index is 14.7. The molecule has 2 bridgehead atoms. The first-order valence-corrected chi connectivity index (χ1v) is 19.6. The zero-order chi connectivity index (χ0) is 40.9. The molecule has 304 valence electrons. The number of allylic oxidation sites excluding steroid dienone is 1. The van der Waals surface area contributed by atoms with Crippen LogP contribution < -0.4 is 0 Å². The van der Waals surface area contributed by atoms with Crippen LogP contribution in [0.25, 0.3) is 0 Å². The van der Waals surface area contributed by atoms with E-state index in [0.29, 0.717) is 18.4 Å². The summed E-state index contributed by atoms with van der Waals surface area (Å²) in [4.78, 5) is 94.1. The number of rotatable bonds is 2. The van der Waals surface area contributed by atoms with Gasteiger partial charge < -0.3 is 38.6 Å². The molecule has 0 aromatic carbocycles. The topological polar surface area (TPSA) is 215 Å². The van der Waals surface area contributed by atoms with E-state index < -0.39 is 113 Å². The number of hydrogen-bond donors (Lipinski definition) is 2. The highest BCUT2D eigenvalue weighted by atomic mass is 16.6. The SMILES string of the molecule is COC(=O)C(C)=C1C(=O)[C@H](O)[C@]2(C)C3=C(C[C@@H]4[C@]5(OC(=O)C6=C5C[C@H]5[C@](O)(COC(=O)/C(C)=C/COC(=O)[C@@H](OC(C)=O)CC(=O)OC6)[C@H]6C[C@H]6[C@]45C)[C@@H]13)[C@H]1C[C@H]12. The first-order valence-electron chi connectivity index (χ1n) is 19.6. The number of carbonyl (C=O) groups excluding carboxylic acids is 7. The molecule has 15 heteroatoms. The normalized spacial score (nSPS) is 46.0. The monoisotopic (exact) mass is 790 g/mol. The summed E-state index contributed by atoms with van der Waals surface area (Å²) in [5.74, 6) is -8.40. The highest BCUT2D eigenvalue weighted by Crippen LogP contribution is 2.83. The Kier molecular flexibility index (Phi) is 8.11. The number of hydrogen-bond acceptors (Lipinski definition) is 15. The molecule has 0 aromatic rings. The van der Waals surface area contributed by atoms with Gasteiger partial charge in [-0.05, 0) is 85.8 Å². The average Bonchev–Trinajstić information content (AvgIpc) is 4.08. The lowest BCUT2D eigenvalue weighted by Gasteiger charge is -2.63. The second-order valence-corrected chi connectivity index (χ2v) is 17.9. The molecule has 15 nitrogen and oxygen atoms in total. The number of cyclic esters (lactones) is 3. The molecule has 57 heavy (non-hydrogen) atoms. The third-order valence-electron chi connectivity index (χ3n) is 15.6. The first-order chi connectivity index (χ1) is 26.9. The van der Waals surface area contributed by atoms with E-state index in [-0.39, 0.29) is 59.0 Å². The smallest absolute Gasteiger partial charge is 0.348 e. The summed E-state index contributed by atoms with van der Waals surface area (Å²) in [6.45, 7) is 6.55. The minimum Gasteiger partial charge on any atom is -0.466 e. The van der Waals surface area contributed by atoms with Crippen molar-refractivity contribution < 1.29 is 72.2 Å². The van der Waals surface area contributed by atoms with E-state index in [1.54, 1.807) is 0 Å². The van der Waals surface area contributed by atoms with Gasteiger partial charge in [-0.15, -0.1) is 0 Å². The maximum absolute atomic E-state index is 14.7. The van der Waals surface area contributed by atoms with E-state index in [1.165, 1.54) is 27.0 Å². The highest BCUT2D eigenvalue weighted by Gasteiger charge is 2.84. The van der Waals surface area contributed by atoms with Crippen molar-refractivity contribution in [3.05, 3.63) is 45.1 Å². The Labute approximate surface area is 327 Å². The summed E-state index contributed by atoms with van der Waals surface area (Å²) in [7, 11) is 1.20. The largest absolute Gasteiger partial charge is 0.466 e. The lowest BCUT2D eigenvalue weighted by Crippen LogP contribution is -2.67. The lowest BCUT2D eigenvalue weighted by molar-refractivity contribution is -0.191. The number of Topliss-reactive ketones (excluding diaryl/α,β-unsaturated/α-hetero) is 1. The van der Waals surface area contributed by atoms with E-state index in [4.69, 9.17) is 28.4 Å². The summed E-state index contributed by atoms with van der Waals surface area (Å²) in [5.41, 5.74) is -2.60. The van der Waals surface area contributed by atoms with E-state index >= 15 is 0 Å². The van der Waals surface area contributed by atoms with Crippen LogP contribution in [0.2, 0.25) is 0 Å². The molecule has 5 fully saturated rings. The summed E-state index contributed by atoms with van der Waals surface area (Å²) in [6.07, 6.45) is -0.760. The van der Waals surface area contributed by atoms with Crippen LogP contribution >= 0.6 is 0 Å². The summed E-state index contributed by atoms with van der Waals surface area (Å²) in [6, 6.07) is 0. The molecule has 5 saturated carbocycles. The molecular weight excluding hydrogens is 744 g/mol. The summed E-state index contributed by atoms with van der Waals surface area (Å²) in [5, 5.41) is 24.7. The number of aliphatic hydroxyl groups excluding tert-OH is 1. The van der Waals surface area contributed by atoms with Crippen LogP contribution in [0.3, 0.4) is 0 Å². The van der Waals surface area contributed by atoms with Gasteiger partial charge in [0.25, 0.3) is 0 Å². The Bertz CT molecular complexity index is 2120. The second kappa shape index (κ2) is 12.2. The molecule has 0 unspecified atom stereocenters. The molecule has 0 saturated heterocycles. The minimum absolute atomic E-state index is 0.00455. The molecule has 2 N–H and O–H groups in total. The molecule has 0 amide bonds. The van der Waals surface area contributed by atoms with Crippen molar-refractivity contribution in [1.82, 2.24) is 0 Å². The van der Waals surface area contributed by atoms with Gasteiger partial charge in [-0.2, -0.15) is 0 Å². The van der Waals surface area contributed by atoms with E-state index in [9.17, 15) is 43.8 Å². The van der Waals surface area contributed by atoms with Crippen LogP contribution in [0, 0.1) is 52.3 Å². The van der Waals surface area contributed by atoms with Gasteiger partial charge in [0.1, 0.15) is 37.1 Å². The van der Waals surface area contributed by atoms with Crippen LogP contribution in [-0.2, 0) is 62.0 Å². The Morgan fingerprint density at radius 1 is 0.912 bits per heavy atom. The molecular formula is C42H46O15. The van der Waals surface area contributed by atoms with Crippen LogP contribution in [-0.4, -0.2) is 102 Å². The number of aliphatic hydroxyl groups is 2. The predicted molar refractivity (Wildman–Crippen MR) is 189 cm³/mol. The fraction of sp³-hybridized carbons (Fsp3) is 0.643. The van der Waals surface area contributed by atoms with Crippen molar-refractivity contribution in [2.75, 3.05) is 26.9 Å². The number of fused-ring (bicyclic) bond motifs is 7. The maximum Gasteiger partial charge on any atom is 0.348 e. The van der Waals surface area contributed by atoms with Crippen LogP contribution in [0.15, 0.2) is 45.1 Å². The minimum atomic E-state index is -1.70. The van der Waals surface area contributed by atoms with Crippen molar-refractivity contribution >= 4 is 41.6 Å². The van der Waals surface area contributed by atoms with Crippen molar-refractivity contribution in [1.29, 1.82) is 0 Å². The number of carbonyl (C=O) groups is 7. The second-order valence-electron chi connectivity index (χ2n) is 17.9. The predicted octanol–water partition coefficient (Wildman–Crippen LogP) is 1.92. The molecule has 7 aliphatic carbocycles. The zero-order valence-electron chi connectivity index (χ0n) is 32.6. The number of methoxy groups -OCH3 is 1. The Morgan fingerprint density at radius 2 is 1.65 bits per heavy atom. The first kappa shape index (κ1) is 37.9. The number of esters is 6. The molecule has 9 rings (SSSR count).